The lowest BCUT2D eigenvalue weighted by molar-refractivity contribution is 0.265. The molecular weight excluding hydrogens is 222 g/mol. The van der Waals surface area contributed by atoms with Crippen molar-refractivity contribution in [2.24, 2.45) is 11.8 Å². The Hall–Kier alpha value is -1.43. The summed E-state index contributed by atoms with van der Waals surface area (Å²) >= 11 is 0. The van der Waals surface area contributed by atoms with E-state index in [0.29, 0.717) is 11.4 Å². The van der Waals surface area contributed by atoms with E-state index in [1.807, 2.05) is 6.92 Å². The summed E-state index contributed by atoms with van der Waals surface area (Å²) in [6, 6.07) is 2.22. The van der Waals surface area contributed by atoms with Crippen LogP contribution in [0, 0.1) is 37.0 Å². The molecule has 0 saturated heterocycles. The number of hydrogen-bond acceptors (Lipinski definition) is 2. The maximum Gasteiger partial charge on any atom is 0.122 e. The Morgan fingerprint density at radius 3 is 2.39 bits per heavy atom. The number of nitriles is 1. The van der Waals surface area contributed by atoms with Gasteiger partial charge in [0.15, 0.2) is 0 Å². The molecule has 0 bridgehead atoms. The first-order chi connectivity index (χ1) is 8.54. The van der Waals surface area contributed by atoms with Gasteiger partial charge in [0.05, 0.1) is 5.56 Å². The van der Waals surface area contributed by atoms with Gasteiger partial charge in [0.2, 0.25) is 0 Å². The average molecular weight is 245 g/mol. The van der Waals surface area contributed by atoms with Crippen LogP contribution < -0.4 is 5.73 Å². The Kier molecular flexibility index (Phi) is 3.65. The fourth-order valence-corrected chi connectivity index (χ4v) is 3.04. The van der Waals surface area contributed by atoms with Crippen LogP contribution in [-0.4, -0.2) is 4.57 Å². The van der Waals surface area contributed by atoms with Gasteiger partial charge < -0.3 is 10.3 Å². The molecule has 2 N–H and O–H groups in total. The fourth-order valence-electron chi connectivity index (χ4n) is 3.04. The predicted octanol–water partition coefficient (Wildman–Crippen LogP) is 3.39. The first-order valence-corrected chi connectivity index (χ1v) is 6.89. The van der Waals surface area contributed by atoms with E-state index < -0.39 is 0 Å². The van der Waals surface area contributed by atoms with Crippen molar-refractivity contribution >= 4 is 5.82 Å². The largest absolute Gasteiger partial charge is 0.384 e. The quantitative estimate of drug-likeness (QED) is 0.868. The zero-order valence-electron chi connectivity index (χ0n) is 11.7. The zero-order chi connectivity index (χ0) is 13.3. The molecule has 3 heteroatoms. The Labute approximate surface area is 110 Å². The maximum atomic E-state index is 9.13. The van der Waals surface area contributed by atoms with Crippen LogP contribution in [0.4, 0.5) is 5.82 Å². The topological polar surface area (TPSA) is 54.7 Å². The van der Waals surface area contributed by atoms with E-state index in [9.17, 15) is 0 Å². The molecule has 1 aliphatic rings. The van der Waals surface area contributed by atoms with Crippen LogP contribution >= 0.6 is 0 Å². The van der Waals surface area contributed by atoms with Crippen LogP contribution in [0.25, 0.3) is 0 Å². The molecule has 1 fully saturated rings. The van der Waals surface area contributed by atoms with Crippen molar-refractivity contribution in [2.75, 3.05) is 5.73 Å². The molecule has 0 unspecified atom stereocenters. The highest BCUT2D eigenvalue weighted by Crippen LogP contribution is 2.32. The molecular formula is C15H23N3. The van der Waals surface area contributed by atoms with Crippen LogP contribution in [-0.2, 0) is 6.54 Å². The fraction of sp³-hybridized carbons (Fsp3) is 0.667. The molecule has 1 aromatic rings. The molecule has 0 radical (unpaired) electrons. The van der Waals surface area contributed by atoms with Gasteiger partial charge in [-0.25, -0.2) is 0 Å². The van der Waals surface area contributed by atoms with Crippen LogP contribution in [0.2, 0.25) is 0 Å². The number of hydrogen-bond donors (Lipinski definition) is 1. The normalized spacial score (nSPS) is 23.9. The van der Waals surface area contributed by atoms with Crippen LogP contribution in [0.1, 0.15) is 49.4 Å². The third kappa shape index (κ3) is 2.25. The summed E-state index contributed by atoms with van der Waals surface area (Å²) in [6.45, 7) is 7.37. The van der Waals surface area contributed by atoms with Gasteiger partial charge in [-0.2, -0.15) is 5.26 Å². The molecule has 0 atom stereocenters. The molecule has 2 rings (SSSR count). The highest BCUT2D eigenvalue weighted by molar-refractivity contribution is 5.57. The standard InChI is InChI=1S/C15H23N3/c1-10-4-6-13(7-5-10)9-18-12(3)11(2)14(8-16)15(18)17/h10,13H,4-7,9,17H2,1-3H3. The minimum Gasteiger partial charge on any atom is -0.384 e. The molecule has 0 spiro atoms. The first kappa shape index (κ1) is 13.0. The Balaban J connectivity index is 2.17. The van der Waals surface area contributed by atoms with Crippen molar-refractivity contribution in [2.45, 2.75) is 53.0 Å². The Morgan fingerprint density at radius 2 is 1.89 bits per heavy atom. The molecule has 0 aliphatic heterocycles. The molecule has 1 saturated carbocycles. The molecule has 0 aromatic carbocycles. The second-order valence-electron chi connectivity index (χ2n) is 5.82. The maximum absolute atomic E-state index is 9.13. The summed E-state index contributed by atoms with van der Waals surface area (Å²) in [5.74, 6) is 2.26. The smallest absolute Gasteiger partial charge is 0.122 e. The Bertz CT molecular complexity index is 471. The van der Waals surface area contributed by atoms with Gasteiger partial charge in [0, 0.05) is 12.2 Å². The van der Waals surface area contributed by atoms with Gasteiger partial charge in [0.1, 0.15) is 11.9 Å². The van der Waals surface area contributed by atoms with E-state index in [0.717, 1.165) is 29.6 Å². The summed E-state index contributed by atoms with van der Waals surface area (Å²) in [5, 5.41) is 9.13. The third-order valence-corrected chi connectivity index (χ3v) is 4.56. The second-order valence-corrected chi connectivity index (χ2v) is 5.82. The number of anilines is 1. The summed E-state index contributed by atoms with van der Waals surface area (Å²) in [6.07, 6.45) is 5.24. The number of rotatable bonds is 2. The highest BCUT2D eigenvalue weighted by Gasteiger charge is 2.22. The lowest BCUT2D eigenvalue weighted by atomic mass is 9.83. The van der Waals surface area contributed by atoms with Gasteiger partial charge in [-0.05, 0) is 44.1 Å². The van der Waals surface area contributed by atoms with Crippen LogP contribution in [0.3, 0.4) is 0 Å². The average Bonchev–Trinajstić information content (AvgIpc) is 2.56. The number of aromatic nitrogens is 1. The monoisotopic (exact) mass is 245 g/mol. The molecule has 0 amide bonds. The molecule has 98 valence electrons. The van der Waals surface area contributed by atoms with Gasteiger partial charge in [0.25, 0.3) is 0 Å². The lowest BCUT2D eigenvalue weighted by Gasteiger charge is -2.27. The summed E-state index contributed by atoms with van der Waals surface area (Å²) < 4.78 is 2.15. The molecule has 1 heterocycles. The van der Waals surface area contributed by atoms with Gasteiger partial charge in [-0.1, -0.05) is 19.8 Å². The third-order valence-electron chi connectivity index (χ3n) is 4.56. The van der Waals surface area contributed by atoms with Crippen molar-refractivity contribution < 1.29 is 0 Å². The minimum absolute atomic E-state index is 0.658. The van der Waals surface area contributed by atoms with E-state index in [2.05, 4.69) is 24.5 Å². The lowest BCUT2D eigenvalue weighted by Crippen LogP contribution is -2.19. The van der Waals surface area contributed by atoms with Gasteiger partial charge >= 0.3 is 0 Å². The molecule has 1 aliphatic carbocycles. The van der Waals surface area contributed by atoms with Crippen molar-refractivity contribution in [3.8, 4) is 6.07 Å². The van der Waals surface area contributed by atoms with Crippen LogP contribution in [0.5, 0.6) is 0 Å². The van der Waals surface area contributed by atoms with Crippen molar-refractivity contribution in [3.05, 3.63) is 16.8 Å². The first-order valence-electron chi connectivity index (χ1n) is 6.89. The van der Waals surface area contributed by atoms with Gasteiger partial charge in [-0.15, -0.1) is 0 Å². The zero-order valence-corrected chi connectivity index (χ0v) is 11.7. The van der Waals surface area contributed by atoms with Crippen molar-refractivity contribution in [3.63, 3.8) is 0 Å². The summed E-state index contributed by atoms with van der Waals surface area (Å²) in [7, 11) is 0. The van der Waals surface area contributed by atoms with E-state index in [1.54, 1.807) is 0 Å². The summed E-state index contributed by atoms with van der Waals surface area (Å²) in [4.78, 5) is 0. The Morgan fingerprint density at radius 1 is 1.28 bits per heavy atom. The second kappa shape index (κ2) is 5.06. The highest BCUT2D eigenvalue weighted by atomic mass is 15.1. The van der Waals surface area contributed by atoms with E-state index >= 15 is 0 Å². The van der Waals surface area contributed by atoms with E-state index in [4.69, 9.17) is 11.0 Å². The molecule has 18 heavy (non-hydrogen) atoms. The SMILES string of the molecule is Cc1c(C#N)c(N)n(CC2CCC(C)CC2)c1C. The number of nitrogens with two attached hydrogens (primary N) is 1. The van der Waals surface area contributed by atoms with E-state index in [1.165, 1.54) is 25.7 Å². The van der Waals surface area contributed by atoms with Crippen LogP contribution in [0.15, 0.2) is 0 Å². The van der Waals surface area contributed by atoms with Gasteiger partial charge in [-0.3, -0.25) is 0 Å². The summed E-state index contributed by atoms with van der Waals surface area (Å²) in [5.41, 5.74) is 8.96. The predicted molar refractivity (Wildman–Crippen MR) is 74.2 cm³/mol. The number of nitrogens with zero attached hydrogens (tertiary/aromatic N) is 2. The minimum atomic E-state index is 0.658. The molecule has 3 nitrogen and oxygen atoms in total. The number of nitrogen functional groups attached to an aromatic ring is 1. The molecule has 1 aromatic heterocycles. The van der Waals surface area contributed by atoms with Crippen molar-refractivity contribution in [1.29, 1.82) is 5.26 Å². The van der Waals surface area contributed by atoms with Crippen molar-refractivity contribution in [1.82, 2.24) is 4.57 Å². The van der Waals surface area contributed by atoms with E-state index in [-0.39, 0.29) is 0 Å².